The SMILES string of the molecule is O=C(O)CC(NC(=O)OCC1c2ccccc2-c2ccccc21)C(=O)N1CC(OC(F)F)C1. The van der Waals surface area contributed by atoms with E-state index in [0.29, 0.717) is 0 Å². The highest BCUT2D eigenvalue weighted by Gasteiger charge is 2.38. The molecule has 0 saturated carbocycles. The van der Waals surface area contributed by atoms with Crippen LogP contribution in [0.15, 0.2) is 48.5 Å². The van der Waals surface area contributed by atoms with Crippen LogP contribution in [0, 0.1) is 0 Å². The lowest BCUT2D eigenvalue weighted by Gasteiger charge is -2.40. The summed E-state index contributed by atoms with van der Waals surface area (Å²) in [5.41, 5.74) is 4.13. The topological polar surface area (TPSA) is 105 Å². The number of benzene rings is 2. The average molecular weight is 460 g/mol. The Morgan fingerprint density at radius 3 is 2.15 bits per heavy atom. The van der Waals surface area contributed by atoms with Crippen LogP contribution in [0.3, 0.4) is 0 Å². The largest absolute Gasteiger partial charge is 0.481 e. The number of hydrogen-bond acceptors (Lipinski definition) is 5. The van der Waals surface area contributed by atoms with Gasteiger partial charge >= 0.3 is 18.7 Å². The van der Waals surface area contributed by atoms with Crippen LogP contribution in [0.1, 0.15) is 23.5 Å². The highest BCUT2D eigenvalue weighted by molar-refractivity contribution is 5.90. The molecule has 8 nitrogen and oxygen atoms in total. The van der Waals surface area contributed by atoms with E-state index in [1.165, 1.54) is 0 Å². The van der Waals surface area contributed by atoms with Gasteiger partial charge in [0.2, 0.25) is 5.91 Å². The second-order valence-corrected chi connectivity index (χ2v) is 7.88. The van der Waals surface area contributed by atoms with Gasteiger partial charge in [0.25, 0.3) is 0 Å². The van der Waals surface area contributed by atoms with Crippen LogP contribution < -0.4 is 5.32 Å². The maximum atomic E-state index is 12.6. The Balaban J connectivity index is 1.37. The predicted octanol–water partition coefficient (Wildman–Crippen LogP) is 2.82. The first-order chi connectivity index (χ1) is 15.8. The Bertz CT molecular complexity index is 1010. The highest BCUT2D eigenvalue weighted by Crippen LogP contribution is 2.44. The molecule has 2 aliphatic rings. The molecule has 1 fully saturated rings. The maximum absolute atomic E-state index is 12.6. The van der Waals surface area contributed by atoms with Gasteiger partial charge in [0.1, 0.15) is 12.6 Å². The summed E-state index contributed by atoms with van der Waals surface area (Å²) in [4.78, 5) is 37.3. The molecule has 2 amide bonds. The summed E-state index contributed by atoms with van der Waals surface area (Å²) < 4.78 is 34.2. The summed E-state index contributed by atoms with van der Waals surface area (Å²) in [6.07, 6.45) is -2.42. The lowest BCUT2D eigenvalue weighted by atomic mass is 9.98. The number of nitrogens with zero attached hydrogens (tertiary/aromatic N) is 1. The molecule has 0 radical (unpaired) electrons. The maximum Gasteiger partial charge on any atom is 0.407 e. The molecule has 0 aromatic heterocycles. The van der Waals surface area contributed by atoms with E-state index in [2.05, 4.69) is 10.1 Å². The first-order valence-corrected chi connectivity index (χ1v) is 10.4. The van der Waals surface area contributed by atoms with Gasteiger partial charge in [-0.2, -0.15) is 8.78 Å². The Labute approximate surface area is 188 Å². The summed E-state index contributed by atoms with van der Waals surface area (Å²) >= 11 is 0. The Morgan fingerprint density at radius 2 is 1.61 bits per heavy atom. The zero-order chi connectivity index (χ0) is 23.5. The zero-order valence-corrected chi connectivity index (χ0v) is 17.4. The molecular formula is C23H22F2N2O6. The van der Waals surface area contributed by atoms with Crippen molar-refractivity contribution < 1.29 is 37.7 Å². The molecule has 2 aromatic rings. The summed E-state index contributed by atoms with van der Waals surface area (Å²) in [6, 6.07) is 14.2. The van der Waals surface area contributed by atoms with Crippen LogP contribution in [-0.4, -0.2) is 66.4 Å². The van der Waals surface area contributed by atoms with Crippen LogP contribution in [0.25, 0.3) is 11.1 Å². The van der Waals surface area contributed by atoms with Crippen molar-refractivity contribution in [1.29, 1.82) is 0 Å². The minimum absolute atomic E-state index is 0.00184. The number of carbonyl (C=O) groups is 3. The lowest BCUT2D eigenvalue weighted by molar-refractivity contribution is -0.199. The molecule has 1 aliphatic heterocycles. The molecule has 1 unspecified atom stereocenters. The van der Waals surface area contributed by atoms with Gasteiger partial charge in [-0.1, -0.05) is 48.5 Å². The summed E-state index contributed by atoms with van der Waals surface area (Å²) in [5.74, 6) is -2.19. The standard InChI is InChI=1S/C23H22F2N2O6/c24-22(25)33-13-10-27(11-13)21(30)19(9-20(28)29)26-23(31)32-12-18-16-7-3-1-5-14(16)15-6-2-4-8-17(15)18/h1-8,13,18-19,22H,9-12H2,(H,26,31)(H,28,29). The second-order valence-electron chi connectivity index (χ2n) is 7.88. The van der Waals surface area contributed by atoms with E-state index in [0.717, 1.165) is 27.2 Å². The average Bonchev–Trinajstić information content (AvgIpc) is 3.07. The number of hydrogen-bond donors (Lipinski definition) is 2. The molecule has 0 spiro atoms. The number of halogens is 2. The van der Waals surface area contributed by atoms with Crippen LogP contribution in [0.2, 0.25) is 0 Å². The Kier molecular flexibility index (Phi) is 6.55. The zero-order valence-electron chi connectivity index (χ0n) is 17.4. The fraction of sp³-hybridized carbons (Fsp3) is 0.348. The van der Waals surface area contributed by atoms with Crippen molar-refractivity contribution >= 4 is 18.0 Å². The summed E-state index contributed by atoms with van der Waals surface area (Å²) in [6.45, 7) is -3.17. The third-order valence-electron chi connectivity index (χ3n) is 5.77. The van der Waals surface area contributed by atoms with Gasteiger partial charge in [-0.15, -0.1) is 0 Å². The molecule has 10 heteroatoms. The molecule has 4 rings (SSSR count). The second kappa shape index (κ2) is 9.53. The lowest BCUT2D eigenvalue weighted by Crippen LogP contribution is -2.60. The minimum atomic E-state index is -2.96. The number of carboxylic acids is 1. The van der Waals surface area contributed by atoms with Gasteiger partial charge in [-0.3, -0.25) is 9.59 Å². The first-order valence-electron chi connectivity index (χ1n) is 10.4. The van der Waals surface area contributed by atoms with Gasteiger partial charge in [-0.05, 0) is 22.3 Å². The number of fused-ring (bicyclic) bond motifs is 3. The Morgan fingerprint density at radius 1 is 1.03 bits per heavy atom. The van der Waals surface area contributed by atoms with Crippen molar-refractivity contribution in [2.24, 2.45) is 0 Å². The van der Waals surface area contributed by atoms with Gasteiger partial charge in [-0.25, -0.2) is 4.79 Å². The van der Waals surface area contributed by atoms with E-state index in [9.17, 15) is 23.2 Å². The van der Waals surface area contributed by atoms with Crippen molar-refractivity contribution in [2.45, 2.75) is 31.1 Å². The molecule has 1 aliphatic carbocycles. The third kappa shape index (κ3) is 4.95. The summed E-state index contributed by atoms with van der Waals surface area (Å²) in [7, 11) is 0. The number of likely N-dealkylation sites (tertiary alicyclic amines) is 1. The number of alkyl carbamates (subject to hydrolysis) is 1. The van der Waals surface area contributed by atoms with E-state index in [1.807, 2.05) is 48.5 Å². The van der Waals surface area contributed by atoms with Crippen LogP contribution in [0.5, 0.6) is 0 Å². The van der Waals surface area contributed by atoms with Crippen molar-refractivity contribution in [1.82, 2.24) is 10.2 Å². The van der Waals surface area contributed by atoms with Gasteiger partial charge in [0, 0.05) is 19.0 Å². The molecule has 1 heterocycles. The summed E-state index contributed by atoms with van der Waals surface area (Å²) in [5, 5.41) is 11.4. The Hall–Kier alpha value is -3.53. The van der Waals surface area contributed by atoms with Crippen molar-refractivity contribution in [3.05, 3.63) is 59.7 Å². The van der Waals surface area contributed by atoms with Gasteiger partial charge in [0.05, 0.1) is 12.5 Å². The molecule has 174 valence electrons. The fourth-order valence-corrected chi connectivity index (χ4v) is 4.23. The smallest absolute Gasteiger partial charge is 0.407 e. The van der Waals surface area contributed by atoms with Gasteiger partial charge in [0.15, 0.2) is 0 Å². The van der Waals surface area contributed by atoms with E-state index in [-0.39, 0.29) is 25.6 Å². The van der Waals surface area contributed by atoms with E-state index in [4.69, 9.17) is 9.84 Å². The normalized spacial score (nSPS) is 16.0. The quantitative estimate of drug-likeness (QED) is 0.628. The molecule has 2 N–H and O–H groups in total. The van der Waals surface area contributed by atoms with Crippen LogP contribution >= 0.6 is 0 Å². The molecule has 2 aromatic carbocycles. The molecule has 33 heavy (non-hydrogen) atoms. The number of amides is 2. The molecule has 0 bridgehead atoms. The van der Waals surface area contributed by atoms with Crippen molar-refractivity contribution in [3.8, 4) is 11.1 Å². The van der Waals surface area contributed by atoms with Gasteiger partial charge < -0.3 is 24.8 Å². The molecular weight excluding hydrogens is 438 g/mol. The predicted molar refractivity (Wildman–Crippen MR) is 112 cm³/mol. The van der Waals surface area contributed by atoms with Crippen molar-refractivity contribution in [2.75, 3.05) is 19.7 Å². The highest BCUT2D eigenvalue weighted by atomic mass is 19.3. The molecule has 1 atom stereocenters. The monoisotopic (exact) mass is 460 g/mol. The fourth-order valence-electron chi connectivity index (χ4n) is 4.23. The van der Waals surface area contributed by atoms with E-state index in [1.54, 1.807) is 0 Å². The van der Waals surface area contributed by atoms with Crippen LogP contribution in [0.4, 0.5) is 13.6 Å². The first kappa shape index (κ1) is 22.7. The number of ether oxygens (including phenoxy) is 2. The van der Waals surface area contributed by atoms with E-state index < -0.39 is 43.1 Å². The third-order valence-corrected chi connectivity index (χ3v) is 5.77. The number of carbonyl (C=O) groups excluding carboxylic acids is 2. The number of nitrogens with one attached hydrogen (secondary N) is 1. The number of rotatable bonds is 8. The molecule has 1 saturated heterocycles. The minimum Gasteiger partial charge on any atom is -0.481 e. The number of alkyl halides is 2. The van der Waals surface area contributed by atoms with Crippen LogP contribution in [-0.2, 0) is 19.1 Å². The van der Waals surface area contributed by atoms with Crippen molar-refractivity contribution in [3.63, 3.8) is 0 Å². The number of carboxylic acid groups (broad SMARTS) is 1. The number of aliphatic carboxylic acids is 1. The van der Waals surface area contributed by atoms with E-state index >= 15 is 0 Å².